The smallest absolute Gasteiger partial charge is 0.333 e. The quantitative estimate of drug-likeness (QED) is 0.878. The average Bonchev–Trinajstić information content (AvgIpc) is 2.53. The maximum atomic E-state index is 12.2. The van der Waals surface area contributed by atoms with E-state index in [2.05, 4.69) is 5.32 Å². The van der Waals surface area contributed by atoms with Gasteiger partial charge in [-0.15, -0.1) is 0 Å². The summed E-state index contributed by atoms with van der Waals surface area (Å²) in [4.78, 5) is 24.1. The molecule has 0 saturated heterocycles. The maximum Gasteiger partial charge on any atom is 0.333 e. The molecule has 21 heavy (non-hydrogen) atoms. The van der Waals surface area contributed by atoms with Crippen LogP contribution in [0.1, 0.15) is 27.5 Å². The fourth-order valence-corrected chi connectivity index (χ4v) is 1.96. The summed E-state index contributed by atoms with van der Waals surface area (Å²) >= 11 is 0. The molecule has 1 unspecified atom stereocenters. The lowest BCUT2D eigenvalue weighted by molar-refractivity contribution is -0.143. The van der Waals surface area contributed by atoms with Gasteiger partial charge in [0, 0.05) is 5.56 Å². The lowest BCUT2D eigenvalue weighted by Gasteiger charge is -2.17. The van der Waals surface area contributed by atoms with Crippen molar-refractivity contribution in [3.05, 3.63) is 71.3 Å². The maximum absolute atomic E-state index is 12.2. The average molecular weight is 283 g/mol. The molecule has 4 nitrogen and oxygen atoms in total. The molecule has 2 rings (SSSR count). The van der Waals surface area contributed by atoms with Crippen LogP contribution in [0.5, 0.6) is 0 Å². The Kier molecular flexibility index (Phi) is 4.72. The standard InChI is InChI=1S/C17H17NO3/c1-12-8-10-14(11-9-12)16(19)18-15(17(20)21-2)13-6-4-3-5-7-13/h3-11,15H,1-2H3,(H,18,19). The van der Waals surface area contributed by atoms with Gasteiger partial charge in [-0.25, -0.2) is 4.79 Å². The Morgan fingerprint density at radius 1 is 1.00 bits per heavy atom. The van der Waals surface area contributed by atoms with Crippen molar-refractivity contribution in [2.24, 2.45) is 0 Å². The van der Waals surface area contributed by atoms with Crippen LogP contribution in [0.3, 0.4) is 0 Å². The van der Waals surface area contributed by atoms with E-state index in [-0.39, 0.29) is 5.91 Å². The molecular weight excluding hydrogens is 266 g/mol. The zero-order valence-electron chi connectivity index (χ0n) is 12.0. The van der Waals surface area contributed by atoms with Gasteiger partial charge < -0.3 is 10.1 Å². The number of esters is 1. The van der Waals surface area contributed by atoms with Gasteiger partial charge in [-0.05, 0) is 24.6 Å². The molecule has 0 aromatic heterocycles. The molecule has 4 heteroatoms. The van der Waals surface area contributed by atoms with E-state index in [1.165, 1.54) is 7.11 Å². The fraction of sp³-hybridized carbons (Fsp3) is 0.176. The second kappa shape index (κ2) is 6.70. The van der Waals surface area contributed by atoms with E-state index >= 15 is 0 Å². The van der Waals surface area contributed by atoms with E-state index in [0.717, 1.165) is 5.56 Å². The highest BCUT2D eigenvalue weighted by molar-refractivity contribution is 5.97. The summed E-state index contributed by atoms with van der Waals surface area (Å²) in [7, 11) is 1.30. The predicted molar refractivity (Wildman–Crippen MR) is 79.8 cm³/mol. The molecule has 0 aliphatic carbocycles. The highest BCUT2D eigenvalue weighted by Crippen LogP contribution is 2.15. The first-order valence-corrected chi connectivity index (χ1v) is 6.62. The minimum Gasteiger partial charge on any atom is -0.467 e. The summed E-state index contributed by atoms with van der Waals surface area (Å²) in [5, 5.41) is 2.71. The second-order valence-corrected chi connectivity index (χ2v) is 4.71. The summed E-state index contributed by atoms with van der Waals surface area (Å²) in [6.07, 6.45) is 0. The number of carbonyl (C=O) groups excluding carboxylic acids is 2. The number of rotatable bonds is 4. The summed E-state index contributed by atoms with van der Waals surface area (Å²) in [6, 6.07) is 15.4. The van der Waals surface area contributed by atoms with Gasteiger partial charge in [0.05, 0.1) is 7.11 Å². The highest BCUT2D eigenvalue weighted by atomic mass is 16.5. The Labute approximate surface area is 123 Å². The zero-order valence-corrected chi connectivity index (χ0v) is 12.0. The van der Waals surface area contributed by atoms with Crippen LogP contribution in [-0.2, 0) is 9.53 Å². The van der Waals surface area contributed by atoms with Gasteiger partial charge in [-0.2, -0.15) is 0 Å². The zero-order chi connectivity index (χ0) is 15.2. The molecule has 2 aromatic rings. The number of hydrogen-bond donors (Lipinski definition) is 1. The van der Waals surface area contributed by atoms with Gasteiger partial charge in [-0.3, -0.25) is 4.79 Å². The minimum absolute atomic E-state index is 0.311. The third-order valence-corrected chi connectivity index (χ3v) is 3.16. The van der Waals surface area contributed by atoms with Gasteiger partial charge >= 0.3 is 5.97 Å². The summed E-state index contributed by atoms with van der Waals surface area (Å²) in [6.45, 7) is 1.95. The number of hydrogen-bond acceptors (Lipinski definition) is 3. The number of aryl methyl sites for hydroxylation is 1. The van der Waals surface area contributed by atoms with Gasteiger partial charge in [0.15, 0.2) is 6.04 Å². The van der Waals surface area contributed by atoms with E-state index in [4.69, 9.17) is 4.74 Å². The van der Waals surface area contributed by atoms with Gasteiger partial charge in [-0.1, -0.05) is 48.0 Å². The van der Waals surface area contributed by atoms with Crippen molar-refractivity contribution in [1.82, 2.24) is 5.32 Å². The molecule has 0 spiro atoms. The predicted octanol–water partition coefficient (Wildman–Crippen LogP) is 2.64. The molecule has 108 valence electrons. The first-order valence-electron chi connectivity index (χ1n) is 6.62. The molecule has 0 aliphatic rings. The molecule has 0 heterocycles. The van der Waals surface area contributed by atoms with E-state index < -0.39 is 12.0 Å². The Balaban J connectivity index is 2.21. The Morgan fingerprint density at radius 2 is 1.62 bits per heavy atom. The first kappa shape index (κ1) is 14.8. The van der Waals surface area contributed by atoms with E-state index in [1.807, 2.05) is 37.3 Å². The number of amides is 1. The van der Waals surface area contributed by atoms with Crippen LogP contribution in [0.4, 0.5) is 0 Å². The fourth-order valence-electron chi connectivity index (χ4n) is 1.96. The third kappa shape index (κ3) is 3.69. The van der Waals surface area contributed by atoms with Crippen molar-refractivity contribution >= 4 is 11.9 Å². The van der Waals surface area contributed by atoms with E-state index in [9.17, 15) is 9.59 Å². The summed E-state index contributed by atoms with van der Waals surface area (Å²) < 4.78 is 4.77. The second-order valence-electron chi connectivity index (χ2n) is 4.71. The minimum atomic E-state index is -0.815. The van der Waals surface area contributed by atoms with Crippen LogP contribution < -0.4 is 5.32 Å². The van der Waals surface area contributed by atoms with Crippen LogP contribution in [0.2, 0.25) is 0 Å². The van der Waals surface area contributed by atoms with Gasteiger partial charge in [0.2, 0.25) is 0 Å². The number of carbonyl (C=O) groups is 2. The Bertz CT molecular complexity index is 620. The third-order valence-electron chi connectivity index (χ3n) is 3.16. The molecule has 0 fully saturated rings. The van der Waals surface area contributed by atoms with Crippen LogP contribution in [0, 0.1) is 6.92 Å². The van der Waals surface area contributed by atoms with E-state index in [1.54, 1.807) is 24.3 Å². The molecule has 0 radical (unpaired) electrons. The molecule has 0 bridgehead atoms. The topological polar surface area (TPSA) is 55.4 Å². The molecule has 0 saturated carbocycles. The van der Waals surface area contributed by atoms with Crippen molar-refractivity contribution in [3.8, 4) is 0 Å². The lowest BCUT2D eigenvalue weighted by Crippen LogP contribution is -2.34. The number of methoxy groups -OCH3 is 1. The van der Waals surface area contributed by atoms with Crippen molar-refractivity contribution in [3.63, 3.8) is 0 Å². The lowest BCUT2D eigenvalue weighted by atomic mass is 10.1. The SMILES string of the molecule is COC(=O)C(NC(=O)c1ccc(C)cc1)c1ccccc1. The Hall–Kier alpha value is -2.62. The number of ether oxygens (including phenoxy) is 1. The van der Waals surface area contributed by atoms with Crippen molar-refractivity contribution in [2.45, 2.75) is 13.0 Å². The monoisotopic (exact) mass is 283 g/mol. The summed E-state index contributed by atoms with van der Waals surface area (Å²) in [5.41, 5.74) is 2.26. The normalized spacial score (nSPS) is 11.5. The number of nitrogens with one attached hydrogen (secondary N) is 1. The van der Waals surface area contributed by atoms with Crippen molar-refractivity contribution < 1.29 is 14.3 Å². The van der Waals surface area contributed by atoms with Gasteiger partial charge in [0.25, 0.3) is 5.91 Å². The van der Waals surface area contributed by atoms with Crippen LogP contribution in [0.15, 0.2) is 54.6 Å². The largest absolute Gasteiger partial charge is 0.467 e. The van der Waals surface area contributed by atoms with E-state index in [0.29, 0.717) is 11.1 Å². The molecule has 1 N–H and O–H groups in total. The number of benzene rings is 2. The van der Waals surface area contributed by atoms with Crippen molar-refractivity contribution in [1.29, 1.82) is 0 Å². The van der Waals surface area contributed by atoms with Gasteiger partial charge in [0.1, 0.15) is 0 Å². The molecule has 1 atom stereocenters. The van der Waals surface area contributed by atoms with Crippen molar-refractivity contribution in [2.75, 3.05) is 7.11 Å². The molecule has 0 aliphatic heterocycles. The summed E-state index contributed by atoms with van der Waals surface area (Å²) in [5.74, 6) is -0.809. The highest BCUT2D eigenvalue weighted by Gasteiger charge is 2.23. The molecule has 2 aromatic carbocycles. The van der Waals surface area contributed by atoms with Crippen LogP contribution >= 0.6 is 0 Å². The van der Waals surface area contributed by atoms with Crippen LogP contribution in [0.25, 0.3) is 0 Å². The molecule has 1 amide bonds. The molecular formula is C17H17NO3. The first-order chi connectivity index (χ1) is 10.1. The Morgan fingerprint density at radius 3 is 2.19 bits per heavy atom. The van der Waals surface area contributed by atoms with Crippen LogP contribution in [-0.4, -0.2) is 19.0 Å².